The highest BCUT2D eigenvalue weighted by Crippen LogP contribution is 2.25. The van der Waals surface area contributed by atoms with Gasteiger partial charge in [0.15, 0.2) is 0 Å². The Kier molecular flexibility index (Phi) is 6.94. The minimum Gasteiger partial charge on any atom is -0.457 e. The Hall–Kier alpha value is -5.23. The van der Waals surface area contributed by atoms with Crippen molar-refractivity contribution >= 4 is 23.8 Å². The van der Waals surface area contributed by atoms with Crippen LogP contribution in [0.15, 0.2) is 88.8 Å². The van der Waals surface area contributed by atoms with Gasteiger partial charge in [0, 0.05) is 23.7 Å². The average molecular weight is 464 g/mol. The van der Waals surface area contributed by atoms with Gasteiger partial charge in [-0.15, -0.1) is 0 Å². The molecule has 0 atom stereocenters. The number of nitriles is 1. The molecule has 0 radical (unpaired) electrons. The van der Waals surface area contributed by atoms with Crippen molar-refractivity contribution in [3.8, 4) is 28.8 Å². The Labute approximate surface area is 200 Å². The molecule has 1 heterocycles. The molecule has 9 nitrogen and oxygen atoms in total. The molecule has 4 rings (SSSR count). The quantitative estimate of drug-likeness (QED) is 0.272. The largest absolute Gasteiger partial charge is 0.457 e. The van der Waals surface area contributed by atoms with E-state index in [0.29, 0.717) is 28.3 Å². The van der Waals surface area contributed by atoms with Gasteiger partial charge >= 0.3 is 0 Å². The topological polar surface area (TPSA) is 132 Å². The van der Waals surface area contributed by atoms with E-state index in [4.69, 9.17) is 4.74 Å². The van der Waals surface area contributed by atoms with E-state index >= 15 is 0 Å². The maximum absolute atomic E-state index is 12.4. The summed E-state index contributed by atoms with van der Waals surface area (Å²) in [4.78, 5) is 30.4. The number of hydrazone groups is 1. The van der Waals surface area contributed by atoms with Gasteiger partial charge in [-0.2, -0.15) is 10.4 Å². The van der Waals surface area contributed by atoms with Gasteiger partial charge in [0.2, 0.25) is 11.9 Å². The van der Waals surface area contributed by atoms with E-state index in [0.717, 1.165) is 0 Å². The van der Waals surface area contributed by atoms with Crippen LogP contribution in [0.1, 0.15) is 18.1 Å². The van der Waals surface area contributed by atoms with Gasteiger partial charge in [-0.1, -0.05) is 42.5 Å². The Balaban J connectivity index is 1.53. The van der Waals surface area contributed by atoms with Gasteiger partial charge in [0.25, 0.3) is 5.56 Å². The summed E-state index contributed by atoms with van der Waals surface area (Å²) in [6.07, 6.45) is 1.53. The summed E-state index contributed by atoms with van der Waals surface area (Å²) in [6.45, 7) is 1.44. The van der Waals surface area contributed by atoms with E-state index in [9.17, 15) is 14.9 Å². The third kappa shape index (κ3) is 5.77. The molecule has 0 spiro atoms. The zero-order valence-corrected chi connectivity index (χ0v) is 18.6. The number of hydrogen-bond acceptors (Lipinski definition) is 7. The molecule has 35 heavy (non-hydrogen) atoms. The number of aromatic amines is 1. The smallest absolute Gasteiger partial charge is 0.270 e. The predicted octanol–water partition coefficient (Wildman–Crippen LogP) is 4.51. The van der Waals surface area contributed by atoms with E-state index < -0.39 is 5.56 Å². The zero-order chi connectivity index (χ0) is 24.6. The Morgan fingerprint density at radius 3 is 2.49 bits per heavy atom. The van der Waals surface area contributed by atoms with Gasteiger partial charge in [-0.3, -0.25) is 14.6 Å². The molecule has 0 aliphatic rings. The van der Waals surface area contributed by atoms with Crippen LogP contribution < -0.4 is 21.0 Å². The number of benzene rings is 3. The Morgan fingerprint density at radius 1 is 1.06 bits per heavy atom. The number of amides is 1. The molecule has 0 fully saturated rings. The molecule has 0 bridgehead atoms. The SMILES string of the molecule is CC(=O)Nc1ccc(Oc2ccccc2C=NNc2nc(-c3ccccc3)c(C#N)c(=O)[nH]2)cc1. The summed E-state index contributed by atoms with van der Waals surface area (Å²) >= 11 is 0. The lowest BCUT2D eigenvalue weighted by Crippen LogP contribution is -2.16. The van der Waals surface area contributed by atoms with Crippen molar-refractivity contribution in [2.24, 2.45) is 5.10 Å². The molecule has 172 valence electrons. The number of rotatable bonds is 7. The second-order valence-corrected chi connectivity index (χ2v) is 7.33. The van der Waals surface area contributed by atoms with Crippen molar-refractivity contribution < 1.29 is 9.53 Å². The first-order chi connectivity index (χ1) is 17.0. The van der Waals surface area contributed by atoms with Gasteiger partial charge in [-0.25, -0.2) is 10.4 Å². The van der Waals surface area contributed by atoms with Gasteiger partial charge in [0.1, 0.15) is 23.1 Å². The van der Waals surface area contributed by atoms with Crippen LogP contribution >= 0.6 is 0 Å². The molecule has 0 aliphatic heterocycles. The van der Waals surface area contributed by atoms with Gasteiger partial charge in [-0.05, 0) is 36.4 Å². The van der Waals surface area contributed by atoms with Crippen LogP contribution in [0.5, 0.6) is 11.5 Å². The molecule has 0 saturated heterocycles. The number of nitrogens with zero attached hydrogens (tertiary/aromatic N) is 3. The summed E-state index contributed by atoms with van der Waals surface area (Å²) in [6, 6.07) is 25.1. The number of H-pyrrole nitrogens is 1. The van der Waals surface area contributed by atoms with Crippen molar-refractivity contribution in [1.29, 1.82) is 5.26 Å². The number of hydrogen-bond donors (Lipinski definition) is 3. The Bertz CT molecular complexity index is 1470. The monoisotopic (exact) mass is 464 g/mol. The highest BCUT2D eigenvalue weighted by atomic mass is 16.5. The van der Waals surface area contributed by atoms with E-state index in [1.165, 1.54) is 13.1 Å². The number of carbonyl (C=O) groups excluding carboxylic acids is 1. The number of para-hydroxylation sites is 1. The fourth-order valence-electron chi connectivity index (χ4n) is 3.21. The molecule has 1 aromatic heterocycles. The molecule has 4 aromatic rings. The van der Waals surface area contributed by atoms with Crippen LogP contribution in [-0.2, 0) is 4.79 Å². The Morgan fingerprint density at radius 2 is 1.77 bits per heavy atom. The first-order valence-corrected chi connectivity index (χ1v) is 10.6. The van der Waals surface area contributed by atoms with Crippen molar-refractivity contribution in [3.63, 3.8) is 0 Å². The molecule has 0 unspecified atom stereocenters. The lowest BCUT2D eigenvalue weighted by atomic mass is 10.1. The first-order valence-electron chi connectivity index (χ1n) is 10.6. The van der Waals surface area contributed by atoms with Crippen LogP contribution in [0.2, 0.25) is 0 Å². The average Bonchev–Trinajstić information content (AvgIpc) is 2.86. The first kappa shape index (κ1) is 22.9. The summed E-state index contributed by atoms with van der Waals surface area (Å²) in [5.74, 6) is 1.08. The third-order valence-corrected chi connectivity index (χ3v) is 4.77. The normalized spacial score (nSPS) is 10.5. The van der Waals surface area contributed by atoms with Gasteiger partial charge in [0.05, 0.1) is 11.9 Å². The third-order valence-electron chi connectivity index (χ3n) is 4.77. The number of nitrogens with one attached hydrogen (secondary N) is 3. The second kappa shape index (κ2) is 10.6. The fraction of sp³-hybridized carbons (Fsp3) is 0.0385. The zero-order valence-electron chi connectivity index (χ0n) is 18.6. The standard InChI is InChI=1S/C26H20N6O3/c1-17(33)29-20-11-13-21(14-12-20)35-23-10-6-5-9-19(23)16-28-32-26-30-24(18-7-3-2-4-8-18)22(15-27)25(34)31-26/h2-14,16H,1H3,(H,29,33)(H2,30,31,32,34). The van der Waals surface area contributed by atoms with E-state index in [1.54, 1.807) is 54.6 Å². The van der Waals surface area contributed by atoms with Crippen molar-refractivity contribution in [1.82, 2.24) is 9.97 Å². The maximum Gasteiger partial charge on any atom is 0.270 e. The number of anilines is 2. The van der Waals surface area contributed by atoms with Crippen molar-refractivity contribution in [3.05, 3.63) is 100 Å². The van der Waals surface area contributed by atoms with Crippen molar-refractivity contribution in [2.75, 3.05) is 10.7 Å². The molecule has 9 heteroatoms. The van der Waals surface area contributed by atoms with Crippen LogP contribution in [0, 0.1) is 11.3 Å². The summed E-state index contributed by atoms with van der Waals surface area (Å²) < 4.78 is 5.96. The molecular weight excluding hydrogens is 444 g/mol. The van der Waals surface area contributed by atoms with E-state index in [-0.39, 0.29) is 23.1 Å². The van der Waals surface area contributed by atoms with E-state index in [1.807, 2.05) is 30.3 Å². The van der Waals surface area contributed by atoms with Crippen LogP contribution in [0.3, 0.4) is 0 Å². The summed E-state index contributed by atoms with van der Waals surface area (Å²) in [7, 11) is 0. The molecule has 3 aromatic carbocycles. The van der Waals surface area contributed by atoms with E-state index in [2.05, 4.69) is 25.8 Å². The van der Waals surface area contributed by atoms with Crippen LogP contribution in [-0.4, -0.2) is 22.1 Å². The lowest BCUT2D eigenvalue weighted by Gasteiger charge is -2.10. The highest BCUT2D eigenvalue weighted by Gasteiger charge is 2.13. The number of ether oxygens (including phenoxy) is 1. The number of carbonyl (C=O) groups is 1. The minimum atomic E-state index is -0.564. The van der Waals surface area contributed by atoms with Crippen LogP contribution in [0.25, 0.3) is 11.3 Å². The highest BCUT2D eigenvalue weighted by molar-refractivity contribution is 5.88. The summed E-state index contributed by atoms with van der Waals surface area (Å²) in [5, 5.41) is 16.3. The lowest BCUT2D eigenvalue weighted by molar-refractivity contribution is -0.114. The number of aromatic nitrogens is 2. The second-order valence-electron chi connectivity index (χ2n) is 7.33. The molecule has 3 N–H and O–H groups in total. The molecule has 0 aliphatic carbocycles. The fourth-order valence-corrected chi connectivity index (χ4v) is 3.21. The van der Waals surface area contributed by atoms with Crippen LogP contribution in [0.4, 0.5) is 11.6 Å². The molecule has 1 amide bonds. The summed E-state index contributed by atoms with van der Waals surface area (Å²) in [5.41, 5.74) is 4.32. The molecular formula is C26H20N6O3. The predicted molar refractivity (Wildman–Crippen MR) is 133 cm³/mol. The maximum atomic E-state index is 12.4. The van der Waals surface area contributed by atoms with Gasteiger partial charge < -0.3 is 10.1 Å². The van der Waals surface area contributed by atoms with Crippen molar-refractivity contribution in [2.45, 2.75) is 6.92 Å². The minimum absolute atomic E-state index is 0.0750. The molecule has 0 saturated carbocycles.